The quantitative estimate of drug-likeness (QED) is 0.727. The van der Waals surface area contributed by atoms with E-state index >= 15 is 0 Å². The van der Waals surface area contributed by atoms with Crippen LogP contribution in [0.3, 0.4) is 0 Å². The molecule has 1 N–H and O–H groups in total. The van der Waals surface area contributed by atoms with Crippen LogP contribution in [0.25, 0.3) is 0 Å². The fourth-order valence-corrected chi connectivity index (χ4v) is 2.13. The van der Waals surface area contributed by atoms with Gasteiger partial charge in [0.2, 0.25) is 0 Å². The molecule has 0 saturated carbocycles. The SMILES string of the molecule is CCCNCc1cnc(C)cc1OC(C)CC(C)C. The van der Waals surface area contributed by atoms with Gasteiger partial charge in [-0.3, -0.25) is 4.98 Å². The van der Waals surface area contributed by atoms with Crippen molar-refractivity contribution in [1.29, 1.82) is 0 Å². The summed E-state index contributed by atoms with van der Waals surface area (Å²) in [7, 11) is 0. The maximum absolute atomic E-state index is 6.09. The Morgan fingerprint density at radius 3 is 2.68 bits per heavy atom. The standard InChI is InChI=1S/C16H28N2O/c1-6-7-17-10-15-11-18-13(4)9-16(15)19-14(5)8-12(2)3/h9,11-12,14,17H,6-8,10H2,1-5H3. The van der Waals surface area contributed by atoms with Crippen LogP contribution in [0.4, 0.5) is 0 Å². The van der Waals surface area contributed by atoms with Crippen molar-refractivity contribution < 1.29 is 4.74 Å². The molecule has 1 rings (SSSR count). The molecule has 0 aliphatic carbocycles. The third kappa shape index (κ3) is 6.06. The number of aryl methyl sites for hydroxylation is 1. The monoisotopic (exact) mass is 264 g/mol. The lowest BCUT2D eigenvalue weighted by atomic mass is 10.1. The van der Waals surface area contributed by atoms with Gasteiger partial charge >= 0.3 is 0 Å². The molecule has 1 heterocycles. The van der Waals surface area contributed by atoms with E-state index in [4.69, 9.17) is 4.74 Å². The van der Waals surface area contributed by atoms with Gasteiger partial charge in [0, 0.05) is 30.1 Å². The van der Waals surface area contributed by atoms with E-state index < -0.39 is 0 Å². The number of hydrogen-bond acceptors (Lipinski definition) is 3. The largest absolute Gasteiger partial charge is 0.490 e. The molecule has 0 bridgehead atoms. The number of aromatic nitrogens is 1. The second-order valence-corrected chi connectivity index (χ2v) is 5.67. The summed E-state index contributed by atoms with van der Waals surface area (Å²) >= 11 is 0. The van der Waals surface area contributed by atoms with Crippen molar-refractivity contribution in [1.82, 2.24) is 10.3 Å². The molecule has 19 heavy (non-hydrogen) atoms. The molecule has 0 amide bonds. The second-order valence-electron chi connectivity index (χ2n) is 5.67. The lowest BCUT2D eigenvalue weighted by Gasteiger charge is -2.19. The summed E-state index contributed by atoms with van der Waals surface area (Å²) in [4.78, 5) is 4.37. The van der Waals surface area contributed by atoms with E-state index in [1.54, 1.807) is 0 Å². The molecule has 0 aliphatic heterocycles. The smallest absolute Gasteiger partial charge is 0.127 e. The van der Waals surface area contributed by atoms with Crippen LogP contribution in [0, 0.1) is 12.8 Å². The zero-order chi connectivity index (χ0) is 14.3. The first-order valence-electron chi connectivity index (χ1n) is 7.35. The molecule has 0 radical (unpaired) electrons. The van der Waals surface area contributed by atoms with Gasteiger partial charge in [-0.15, -0.1) is 0 Å². The van der Waals surface area contributed by atoms with E-state index in [0.29, 0.717) is 5.92 Å². The van der Waals surface area contributed by atoms with Crippen LogP contribution < -0.4 is 10.1 Å². The van der Waals surface area contributed by atoms with Crippen molar-refractivity contribution in [3.8, 4) is 5.75 Å². The molecule has 3 heteroatoms. The fraction of sp³-hybridized carbons (Fsp3) is 0.688. The normalized spacial score (nSPS) is 12.7. The van der Waals surface area contributed by atoms with Crippen LogP contribution in [0.5, 0.6) is 5.75 Å². The van der Waals surface area contributed by atoms with Crippen LogP contribution in [-0.2, 0) is 6.54 Å². The lowest BCUT2D eigenvalue weighted by Crippen LogP contribution is -2.18. The summed E-state index contributed by atoms with van der Waals surface area (Å²) in [6, 6.07) is 2.04. The van der Waals surface area contributed by atoms with E-state index in [1.165, 1.54) is 0 Å². The zero-order valence-corrected chi connectivity index (χ0v) is 13.0. The minimum atomic E-state index is 0.242. The molecule has 1 atom stereocenters. The molecule has 0 saturated heterocycles. The molecular weight excluding hydrogens is 236 g/mol. The van der Waals surface area contributed by atoms with E-state index in [1.807, 2.05) is 19.2 Å². The number of pyridine rings is 1. The number of rotatable bonds is 8. The number of nitrogens with zero attached hydrogens (tertiary/aromatic N) is 1. The Morgan fingerprint density at radius 2 is 2.05 bits per heavy atom. The molecule has 1 aromatic rings. The summed E-state index contributed by atoms with van der Waals surface area (Å²) in [5, 5.41) is 3.41. The average molecular weight is 264 g/mol. The minimum absolute atomic E-state index is 0.242. The average Bonchev–Trinajstić information content (AvgIpc) is 2.31. The van der Waals surface area contributed by atoms with Gasteiger partial charge < -0.3 is 10.1 Å². The van der Waals surface area contributed by atoms with Gasteiger partial charge in [0.05, 0.1) is 6.10 Å². The van der Waals surface area contributed by atoms with Gasteiger partial charge in [-0.1, -0.05) is 20.8 Å². The summed E-state index contributed by atoms with van der Waals surface area (Å²) in [6.45, 7) is 12.6. The van der Waals surface area contributed by atoms with E-state index in [9.17, 15) is 0 Å². The summed E-state index contributed by atoms with van der Waals surface area (Å²) in [6.07, 6.45) is 4.38. The lowest BCUT2D eigenvalue weighted by molar-refractivity contribution is 0.191. The van der Waals surface area contributed by atoms with Gasteiger partial charge in [0.15, 0.2) is 0 Å². The Kier molecular flexibility index (Phi) is 6.85. The van der Waals surface area contributed by atoms with Crippen molar-refractivity contribution in [2.75, 3.05) is 6.54 Å². The Morgan fingerprint density at radius 1 is 1.32 bits per heavy atom. The van der Waals surface area contributed by atoms with Gasteiger partial charge in [0.25, 0.3) is 0 Å². The van der Waals surface area contributed by atoms with Crippen LogP contribution in [0.15, 0.2) is 12.3 Å². The predicted molar refractivity (Wildman–Crippen MR) is 80.5 cm³/mol. The number of nitrogens with one attached hydrogen (secondary N) is 1. The molecule has 0 spiro atoms. The van der Waals surface area contributed by atoms with Gasteiger partial charge in [-0.2, -0.15) is 0 Å². The van der Waals surface area contributed by atoms with Crippen molar-refractivity contribution in [2.45, 2.75) is 60.1 Å². The van der Waals surface area contributed by atoms with Crippen molar-refractivity contribution in [2.24, 2.45) is 5.92 Å². The molecule has 108 valence electrons. The number of ether oxygens (including phenoxy) is 1. The van der Waals surface area contributed by atoms with Crippen LogP contribution >= 0.6 is 0 Å². The van der Waals surface area contributed by atoms with Crippen molar-refractivity contribution >= 4 is 0 Å². The van der Waals surface area contributed by atoms with Crippen LogP contribution in [0.1, 0.15) is 51.8 Å². The predicted octanol–water partition coefficient (Wildman–Crippen LogP) is 3.70. The minimum Gasteiger partial charge on any atom is -0.490 e. The van der Waals surface area contributed by atoms with Crippen LogP contribution in [0.2, 0.25) is 0 Å². The Bertz CT molecular complexity index is 377. The summed E-state index contributed by atoms with van der Waals surface area (Å²) in [5.41, 5.74) is 2.15. The first-order valence-corrected chi connectivity index (χ1v) is 7.35. The first kappa shape index (κ1) is 16.0. The van der Waals surface area contributed by atoms with Gasteiger partial charge in [0.1, 0.15) is 5.75 Å². The molecule has 3 nitrogen and oxygen atoms in total. The summed E-state index contributed by atoms with van der Waals surface area (Å²) in [5.74, 6) is 1.63. The topological polar surface area (TPSA) is 34.2 Å². The Labute approximate surface area is 117 Å². The number of hydrogen-bond donors (Lipinski definition) is 1. The highest BCUT2D eigenvalue weighted by Gasteiger charge is 2.11. The molecule has 1 unspecified atom stereocenters. The Balaban J connectivity index is 2.70. The third-order valence-corrected chi connectivity index (χ3v) is 2.95. The molecule has 0 aromatic carbocycles. The van der Waals surface area contributed by atoms with Gasteiger partial charge in [-0.05, 0) is 39.2 Å². The molecule has 0 aliphatic rings. The maximum atomic E-state index is 6.09. The van der Waals surface area contributed by atoms with Crippen LogP contribution in [-0.4, -0.2) is 17.6 Å². The third-order valence-electron chi connectivity index (χ3n) is 2.95. The highest BCUT2D eigenvalue weighted by Crippen LogP contribution is 2.21. The van der Waals surface area contributed by atoms with Crippen molar-refractivity contribution in [3.63, 3.8) is 0 Å². The highest BCUT2D eigenvalue weighted by atomic mass is 16.5. The Hall–Kier alpha value is -1.09. The highest BCUT2D eigenvalue weighted by molar-refractivity contribution is 5.33. The molecular formula is C16H28N2O. The van der Waals surface area contributed by atoms with E-state index in [-0.39, 0.29) is 6.10 Å². The molecule has 1 aromatic heterocycles. The molecule has 0 fully saturated rings. The summed E-state index contributed by atoms with van der Waals surface area (Å²) < 4.78 is 6.09. The van der Waals surface area contributed by atoms with E-state index in [0.717, 1.165) is 42.9 Å². The maximum Gasteiger partial charge on any atom is 0.127 e. The van der Waals surface area contributed by atoms with Crippen molar-refractivity contribution in [3.05, 3.63) is 23.5 Å². The fourth-order valence-electron chi connectivity index (χ4n) is 2.13. The van der Waals surface area contributed by atoms with Gasteiger partial charge in [-0.25, -0.2) is 0 Å². The second kappa shape index (κ2) is 8.16. The zero-order valence-electron chi connectivity index (χ0n) is 13.0. The first-order chi connectivity index (χ1) is 9.02. The van der Waals surface area contributed by atoms with E-state index in [2.05, 4.69) is 38.0 Å².